The summed E-state index contributed by atoms with van der Waals surface area (Å²) in [6, 6.07) is 3.71. The molecule has 0 aliphatic rings. The molecule has 0 aromatic carbocycles. The summed E-state index contributed by atoms with van der Waals surface area (Å²) < 4.78 is 1.64. The molecule has 118 valence electrons. The van der Waals surface area contributed by atoms with Crippen molar-refractivity contribution in [3.63, 3.8) is 0 Å². The number of carbonyl (C=O) groups excluding carboxylic acids is 1. The first-order valence-electron chi connectivity index (χ1n) is 7.28. The first-order valence-corrected chi connectivity index (χ1v) is 7.65. The lowest BCUT2D eigenvalue weighted by Crippen LogP contribution is -2.33. The molecule has 5 nitrogen and oxygen atoms in total. The van der Waals surface area contributed by atoms with Crippen molar-refractivity contribution in [3.05, 3.63) is 35.9 Å². The number of pyridine rings is 1. The molecule has 2 rings (SSSR count). The van der Waals surface area contributed by atoms with E-state index in [4.69, 9.17) is 11.6 Å². The van der Waals surface area contributed by atoms with Gasteiger partial charge >= 0.3 is 0 Å². The van der Waals surface area contributed by atoms with Gasteiger partial charge in [0.05, 0.1) is 18.1 Å². The summed E-state index contributed by atoms with van der Waals surface area (Å²) in [4.78, 5) is 18.2. The molecule has 6 heteroatoms. The van der Waals surface area contributed by atoms with E-state index in [1.807, 2.05) is 39.8 Å². The maximum atomic E-state index is 12.5. The van der Waals surface area contributed by atoms with Gasteiger partial charge in [-0.25, -0.2) is 4.68 Å². The second-order valence-electron chi connectivity index (χ2n) is 6.34. The van der Waals surface area contributed by atoms with Crippen molar-refractivity contribution < 1.29 is 4.79 Å². The van der Waals surface area contributed by atoms with Crippen LogP contribution in [-0.4, -0.2) is 27.2 Å². The Morgan fingerprint density at radius 1 is 1.41 bits per heavy atom. The summed E-state index contributed by atoms with van der Waals surface area (Å²) in [6.07, 6.45) is 5.61. The molecule has 0 aliphatic carbocycles. The first-order chi connectivity index (χ1) is 10.3. The molecule has 0 atom stereocenters. The van der Waals surface area contributed by atoms with Gasteiger partial charge < -0.3 is 4.90 Å². The molecular formula is C16H21ClN4O. The van der Waals surface area contributed by atoms with Gasteiger partial charge in [-0.15, -0.1) is 0 Å². The molecule has 0 fully saturated rings. The largest absolute Gasteiger partial charge is 0.308 e. The summed E-state index contributed by atoms with van der Waals surface area (Å²) in [6.45, 7) is 8.60. The Hall–Kier alpha value is -1.88. The van der Waals surface area contributed by atoms with E-state index in [-0.39, 0.29) is 11.3 Å². The SMILES string of the molecule is CCN(C(=O)CC(C)(C)C)c1cn(-c2cccnc2)nc1Cl. The van der Waals surface area contributed by atoms with Crippen LogP contribution in [-0.2, 0) is 4.79 Å². The number of nitrogens with zero attached hydrogens (tertiary/aromatic N) is 4. The Labute approximate surface area is 135 Å². The zero-order chi connectivity index (χ0) is 16.3. The molecular weight excluding hydrogens is 300 g/mol. The quantitative estimate of drug-likeness (QED) is 0.863. The van der Waals surface area contributed by atoms with Crippen molar-refractivity contribution in [2.24, 2.45) is 5.41 Å². The molecule has 0 aliphatic heterocycles. The third-order valence-corrected chi connectivity index (χ3v) is 3.42. The third-order valence-electron chi connectivity index (χ3n) is 3.15. The van der Waals surface area contributed by atoms with E-state index in [0.29, 0.717) is 23.8 Å². The molecule has 0 saturated heterocycles. The Balaban J connectivity index is 2.31. The van der Waals surface area contributed by atoms with Crippen molar-refractivity contribution in [1.29, 1.82) is 0 Å². The lowest BCUT2D eigenvalue weighted by Gasteiger charge is -2.24. The first kappa shape index (κ1) is 16.5. The molecule has 0 spiro atoms. The number of anilines is 1. The van der Waals surface area contributed by atoms with E-state index in [2.05, 4.69) is 10.1 Å². The number of amides is 1. The molecule has 0 bridgehead atoms. The van der Waals surface area contributed by atoms with E-state index in [1.54, 1.807) is 28.2 Å². The van der Waals surface area contributed by atoms with Gasteiger partial charge in [0.2, 0.25) is 5.91 Å². The van der Waals surface area contributed by atoms with Gasteiger partial charge in [0.25, 0.3) is 0 Å². The van der Waals surface area contributed by atoms with Crippen LogP contribution in [0, 0.1) is 5.41 Å². The molecule has 0 saturated carbocycles. The average molecular weight is 321 g/mol. The summed E-state index contributed by atoms with van der Waals surface area (Å²) >= 11 is 6.24. The summed E-state index contributed by atoms with van der Waals surface area (Å²) in [5.41, 5.74) is 1.35. The lowest BCUT2D eigenvalue weighted by atomic mass is 9.91. The van der Waals surface area contributed by atoms with Crippen LogP contribution in [0.5, 0.6) is 0 Å². The van der Waals surface area contributed by atoms with Crippen LogP contribution in [0.15, 0.2) is 30.7 Å². The van der Waals surface area contributed by atoms with E-state index in [9.17, 15) is 4.79 Å². The summed E-state index contributed by atoms with van der Waals surface area (Å²) in [5, 5.41) is 4.59. The standard InChI is InChI=1S/C16H21ClN4O/c1-5-20(14(22)9-16(2,3)4)13-11-21(19-15(13)17)12-7-6-8-18-10-12/h6-8,10-11H,5,9H2,1-4H3. The number of halogens is 1. The normalized spacial score (nSPS) is 11.5. The van der Waals surface area contributed by atoms with Gasteiger partial charge in [0, 0.05) is 19.2 Å². The van der Waals surface area contributed by atoms with E-state index in [0.717, 1.165) is 5.69 Å². The number of aromatic nitrogens is 3. The van der Waals surface area contributed by atoms with E-state index < -0.39 is 0 Å². The number of hydrogen-bond acceptors (Lipinski definition) is 3. The fourth-order valence-electron chi connectivity index (χ4n) is 2.18. The Bertz CT molecular complexity index is 646. The van der Waals surface area contributed by atoms with Crippen molar-refractivity contribution in [2.45, 2.75) is 34.1 Å². The fraction of sp³-hybridized carbons (Fsp3) is 0.438. The highest BCUT2D eigenvalue weighted by Gasteiger charge is 2.24. The van der Waals surface area contributed by atoms with Gasteiger partial charge in [-0.1, -0.05) is 32.4 Å². The van der Waals surface area contributed by atoms with E-state index >= 15 is 0 Å². The molecule has 0 radical (unpaired) electrons. The predicted octanol–water partition coefficient (Wildman–Crippen LogP) is 3.71. The van der Waals surface area contributed by atoms with Crippen LogP contribution in [0.2, 0.25) is 5.15 Å². The molecule has 2 aromatic rings. The van der Waals surface area contributed by atoms with Gasteiger partial charge in [-0.3, -0.25) is 9.78 Å². The smallest absolute Gasteiger partial charge is 0.227 e. The minimum atomic E-state index is -0.0731. The van der Waals surface area contributed by atoms with Crippen LogP contribution < -0.4 is 4.90 Å². The highest BCUT2D eigenvalue weighted by Crippen LogP contribution is 2.28. The van der Waals surface area contributed by atoms with E-state index in [1.165, 1.54) is 0 Å². The molecule has 1 amide bonds. The molecule has 0 N–H and O–H groups in total. The van der Waals surface area contributed by atoms with Crippen molar-refractivity contribution >= 4 is 23.2 Å². The Morgan fingerprint density at radius 3 is 2.68 bits per heavy atom. The van der Waals surface area contributed by atoms with Crippen LogP contribution in [0.1, 0.15) is 34.1 Å². The maximum absolute atomic E-state index is 12.5. The van der Waals surface area contributed by atoms with Crippen molar-refractivity contribution in [1.82, 2.24) is 14.8 Å². The Morgan fingerprint density at radius 2 is 2.14 bits per heavy atom. The number of rotatable bonds is 4. The minimum absolute atomic E-state index is 0.0441. The zero-order valence-electron chi connectivity index (χ0n) is 13.4. The van der Waals surface area contributed by atoms with Crippen LogP contribution >= 0.6 is 11.6 Å². The van der Waals surface area contributed by atoms with Gasteiger partial charge in [-0.2, -0.15) is 5.10 Å². The number of hydrogen-bond donors (Lipinski definition) is 0. The van der Waals surface area contributed by atoms with Crippen LogP contribution in [0.25, 0.3) is 5.69 Å². The minimum Gasteiger partial charge on any atom is -0.308 e. The van der Waals surface area contributed by atoms with Crippen LogP contribution in [0.4, 0.5) is 5.69 Å². The third kappa shape index (κ3) is 3.85. The fourth-order valence-corrected chi connectivity index (χ4v) is 2.41. The molecule has 0 unspecified atom stereocenters. The second-order valence-corrected chi connectivity index (χ2v) is 6.69. The highest BCUT2D eigenvalue weighted by atomic mass is 35.5. The van der Waals surface area contributed by atoms with Gasteiger partial charge in [0.15, 0.2) is 5.15 Å². The number of carbonyl (C=O) groups is 1. The molecule has 2 heterocycles. The lowest BCUT2D eigenvalue weighted by molar-refractivity contribution is -0.120. The van der Waals surface area contributed by atoms with Gasteiger partial charge in [-0.05, 0) is 24.5 Å². The van der Waals surface area contributed by atoms with Crippen molar-refractivity contribution in [2.75, 3.05) is 11.4 Å². The van der Waals surface area contributed by atoms with Crippen LogP contribution in [0.3, 0.4) is 0 Å². The monoisotopic (exact) mass is 320 g/mol. The predicted molar refractivity (Wildman–Crippen MR) is 88.5 cm³/mol. The average Bonchev–Trinajstić information content (AvgIpc) is 2.81. The summed E-state index contributed by atoms with van der Waals surface area (Å²) in [5.74, 6) is 0.0441. The topological polar surface area (TPSA) is 51.0 Å². The van der Waals surface area contributed by atoms with Crippen molar-refractivity contribution in [3.8, 4) is 5.69 Å². The van der Waals surface area contributed by atoms with Gasteiger partial charge in [0.1, 0.15) is 5.69 Å². The highest BCUT2D eigenvalue weighted by molar-refractivity contribution is 6.32. The maximum Gasteiger partial charge on any atom is 0.227 e. The molecule has 2 aromatic heterocycles. The summed E-state index contributed by atoms with van der Waals surface area (Å²) in [7, 11) is 0. The Kier molecular flexibility index (Phi) is 4.86. The zero-order valence-corrected chi connectivity index (χ0v) is 14.1. The molecule has 22 heavy (non-hydrogen) atoms. The second kappa shape index (κ2) is 6.48.